The molecule has 0 saturated heterocycles. The van der Waals surface area contributed by atoms with E-state index in [2.05, 4.69) is 15.5 Å². The van der Waals surface area contributed by atoms with Gasteiger partial charge in [-0.3, -0.25) is 4.79 Å². The Labute approximate surface area is 99.7 Å². The fourth-order valence-corrected chi connectivity index (χ4v) is 1.49. The molecule has 6 nitrogen and oxygen atoms in total. The Morgan fingerprint density at radius 1 is 1.47 bits per heavy atom. The second-order valence-electron chi connectivity index (χ2n) is 4.57. The minimum absolute atomic E-state index is 0.0903. The van der Waals surface area contributed by atoms with Gasteiger partial charge in [-0.25, -0.2) is 0 Å². The third-order valence-corrected chi connectivity index (χ3v) is 2.84. The molecular formula is C11H16N4O2. The van der Waals surface area contributed by atoms with Crippen LogP contribution in [0.5, 0.6) is 0 Å². The second kappa shape index (κ2) is 4.29. The lowest BCUT2D eigenvalue weighted by Gasteiger charge is -2.14. The average molecular weight is 236 g/mol. The number of carbonyl (C=O) groups excluding carboxylic acids is 1. The van der Waals surface area contributed by atoms with Crippen LogP contribution in [-0.2, 0) is 0 Å². The van der Waals surface area contributed by atoms with Crippen molar-refractivity contribution in [1.82, 2.24) is 15.1 Å². The van der Waals surface area contributed by atoms with Crippen LogP contribution in [0, 0.1) is 0 Å². The molecule has 1 fully saturated rings. The summed E-state index contributed by atoms with van der Waals surface area (Å²) >= 11 is 0. The van der Waals surface area contributed by atoms with E-state index in [0.29, 0.717) is 11.5 Å². The number of carbonyl (C=O) groups is 1. The predicted molar refractivity (Wildman–Crippen MR) is 62.7 cm³/mol. The fourth-order valence-electron chi connectivity index (χ4n) is 1.49. The average Bonchev–Trinajstić information content (AvgIpc) is 3.09. The highest BCUT2D eigenvalue weighted by Crippen LogP contribution is 2.37. The van der Waals surface area contributed by atoms with Gasteiger partial charge in [0.1, 0.15) is 5.82 Å². The van der Waals surface area contributed by atoms with Crippen molar-refractivity contribution in [3.8, 4) is 0 Å². The molecule has 1 saturated carbocycles. The van der Waals surface area contributed by atoms with Crippen LogP contribution in [0.1, 0.15) is 23.3 Å². The van der Waals surface area contributed by atoms with E-state index in [1.807, 2.05) is 0 Å². The van der Waals surface area contributed by atoms with E-state index >= 15 is 0 Å². The molecule has 0 unspecified atom stereocenters. The van der Waals surface area contributed by atoms with Gasteiger partial charge in [0.2, 0.25) is 0 Å². The van der Waals surface area contributed by atoms with Crippen molar-refractivity contribution in [2.45, 2.75) is 18.4 Å². The summed E-state index contributed by atoms with van der Waals surface area (Å²) < 4.78 is 0. The fraction of sp³-hybridized carbons (Fsp3) is 0.545. The Bertz CT molecular complexity index is 412. The smallest absolute Gasteiger partial charge is 0.273 e. The van der Waals surface area contributed by atoms with Gasteiger partial charge in [-0.1, -0.05) is 0 Å². The zero-order valence-corrected chi connectivity index (χ0v) is 9.97. The topological polar surface area (TPSA) is 78.4 Å². The van der Waals surface area contributed by atoms with E-state index in [0.717, 1.165) is 12.8 Å². The van der Waals surface area contributed by atoms with E-state index in [1.165, 1.54) is 4.90 Å². The molecule has 1 amide bonds. The molecule has 1 aromatic rings. The van der Waals surface area contributed by atoms with E-state index < -0.39 is 0 Å². The van der Waals surface area contributed by atoms with Crippen molar-refractivity contribution in [2.24, 2.45) is 0 Å². The van der Waals surface area contributed by atoms with Gasteiger partial charge >= 0.3 is 0 Å². The SMILES string of the molecule is CN(C)C(=O)c1ccc(NC2(CO)CC2)nn1. The Morgan fingerprint density at radius 3 is 2.59 bits per heavy atom. The monoisotopic (exact) mass is 236 g/mol. The van der Waals surface area contributed by atoms with Gasteiger partial charge in [0.25, 0.3) is 5.91 Å². The summed E-state index contributed by atoms with van der Waals surface area (Å²) in [5.74, 6) is 0.416. The molecule has 6 heteroatoms. The minimum Gasteiger partial charge on any atom is -0.394 e. The molecule has 1 heterocycles. The summed E-state index contributed by atoms with van der Waals surface area (Å²) in [4.78, 5) is 13.0. The summed E-state index contributed by atoms with van der Waals surface area (Å²) in [7, 11) is 3.34. The van der Waals surface area contributed by atoms with Crippen molar-refractivity contribution < 1.29 is 9.90 Å². The highest BCUT2D eigenvalue weighted by molar-refractivity contribution is 5.91. The van der Waals surface area contributed by atoms with Gasteiger partial charge in [-0.2, -0.15) is 0 Å². The molecule has 1 aliphatic carbocycles. The summed E-state index contributed by atoms with van der Waals surface area (Å²) in [6, 6.07) is 3.34. The second-order valence-corrected chi connectivity index (χ2v) is 4.57. The molecule has 0 aromatic carbocycles. The molecule has 17 heavy (non-hydrogen) atoms. The van der Waals surface area contributed by atoms with Gasteiger partial charge in [-0.05, 0) is 25.0 Å². The number of aliphatic hydroxyl groups is 1. The Balaban J connectivity index is 2.05. The quantitative estimate of drug-likeness (QED) is 0.776. The molecule has 0 atom stereocenters. The molecular weight excluding hydrogens is 220 g/mol. The highest BCUT2D eigenvalue weighted by Gasteiger charge is 2.42. The number of anilines is 1. The molecule has 1 aliphatic rings. The van der Waals surface area contributed by atoms with Crippen molar-refractivity contribution in [3.63, 3.8) is 0 Å². The predicted octanol–water partition coefficient (Wildman–Crippen LogP) is 0.115. The molecule has 2 N–H and O–H groups in total. The van der Waals surface area contributed by atoms with Crippen LogP contribution < -0.4 is 5.32 Å². The number of nitrogens with zero attached hydrogens (tertiary/aromatic N) is 3. The van der Waals surface area contributed by atoms with Crippen LogP contribution in [0.4, 0.5) is 5.82 Å². The first-order valence-electron chi connectivity index (χ1n) is 5.51. The van der Waals surface area contributed by atoms with Crippen molar-refractivity contribution >= 4 is 11.7 Å². The third kappa shape index (κ3) is 2.52. The lowest BCUT2D eigenvalue weighted by molar-refractivity contribution is 0.0821. The number of amides is 1. The summed E-state index contributed by atoms with van der Waals surface area (Å²) in [5, 5.41) is 20.1. The van der Waals surface area contributed by atoms with E-state index in [9.17, 15) is 4.79 Å². The lowest BCUT2D eigenvalue weighted by atomic mass is 10.3. The Kier molecular flexibility index (Phi) is 2.97. The van der Waals surface area contributed by atoms with E-state index in [4.69, 9.17) is 5.11 Å². The number of aliphatic hydroxyl groups excluding tert-OH is 1. The maximum absolute atomic E-state index is 11.6. The maximum Gasteiger partial charge on any atom is 0.273 e. The highest BCUT2D eigenvalue weighted by atomic mass is 16.3. The summed E-state index contributed by atoms with van der Waals surface area (Å²) in [5.41, 5.74) is 0.0938. The van der Waals surface area contributed by atoms with Gasteiger partial charge in [0, 0.05) is 14.1 Å². The zero-order valence-electron chi connectivity index (χ0n) is 9.97. The molecule has 0 radical (unpaired) electrons. The van der Waals surface area contributed by atoms with Crippen LogP contribution in [-0.4, -0.2) is 52.4 Å². The van der Waals surface area contributed by atoms with Crippen LogP contribution in [0.2, 0.25) is 0 Å². The lowest BCUT2D eigenvalue weighted by Crippen LogP contribution is -2.27. The molecule has 0 bridgehead atoms. The molecule has 0 spiro atoms. The minimum atomic E-state index is -0.220. The third-order valence-electron chi connectivity index (χ3n) is 2.84. The van der Waals surface area contributed by atoms with Crippen LogP contribution in [0.15, 0.2) is 12.1 Å². The molecule has 2 rings (SSSR count). The number of hydrogen-bond acceptors (Lipinski definition) is 5. The summed E-state index contributed by atoms with van der Waals surface area (Å²) in [6.07, 6.45) is 1.87. The number of hydrogen-bond donors (Lipinski definition) is 2. The number of nitrogens with one attached hydrogen (secondary N) is 1. The molecule has 1 aromatic heterocycles. The van der Waals surface area contributed by atoms with Crippen molar-refractivity contribution in [3.05, 3.63) is 17.8 Å². The Morgan fingerprint density at radius 2 is 2.18 bits per heavy atom. The number of aromatic nitrogens is 2. The van der Waals surface area contributed by atoms with Crippen molar-refractivity contribution in [1.29, 1.82) is 0 Å². The van der Waals surface area contributed by atoms with Gasteiger partial charge < -0.3 is 15.3 Å². The standard InChI is InChI=1S/C11H16N4O2/c1-15(2)10(17)8-3-4-9(14-13-8)12-11(7-16)5-6-11/h3-4,16H,5-7H2,1-2H3,(H,12,14). The Hall–Kier alpha value is -1.69. The first-order chi connectivity index (χ1) is 8.06. The van der Waals surface area contributed by atoms with Crippen molar-refractivity contribution in [2.75, 3.05) is 26.0 Å². The normalized spacial score (nSPS) is 16.4. The van der Waals surface area contributed by atoms with Gasteiger partial charge in [-0.15, -0.1) is 10.2 Å². The van der Waals surface area contributed by atoms with Gasteiger partial charge in [0.05, 0.1) is 12.1 Å². The maximum atomic E-state index is 11.6. The van der Waals surface area contributed by atoms with Crippen LogP contribution in [0.25, 0.3) is 0 Å². The van der Waals surface area contributed by atoms with Crippen LogP contribution >= 0.6 is 0 Å². The number of rotatable bonds is 4. The largest absolute Gasteiger partial charge is 0.394 e. The first-order valence-corrected chi connectivity index (χ1v) is 5.51. The first kappa shape index (κ1) is 11.8. The zero-order chi connectivity index (χ0) is 12.5. The van der Waals surface area contributed by atoms with E-state index in [1.54, 1.807) is 26.2 Å². The summed E-state index contributed by atoms with van der Waals surface area (Å²) in [6.45, 7) is 0.0903. The molecule has 92 valence electrons. The molecule has 0 aliphatic heterocycles. The van der Waals surface area contributed by atoms with Crippen LogP contribution in [0.3, 0.4) is 0 Å². The van der Waals surface area contributed by atoms with Gasteiger partial charge in [0.15, 0.2) is 5.69 Å². The van der Waals surface area contributed by atoms with E-state index in [-0.39, 0.29) is 18.1 Å².